The van der Waals surface area contributed by atoms with Crippen molar-refractivity contribution >= 4 is 11.8 Å². The number of hydrogen-bond donors (Lipinski definition) is 6. The zero-order valence-electron chi connectivity index (χ0n) is 19.9. The molecule has 14 heteroatoms. The van der Waals surface area contributed by atoms with Crippen LogP contribution in [0.1, 0.15) is 51.4 Å². The van der Waals surface area contributed by atoms with Gasteiger partial charge < -0.3 is 21.1 Å². The Morgan fingerprint density at radius 1 is 0.944 bits per heavy atom. The highest BCUT2D eigenvalue weighted by molar-refractivity contribution is 5.84. The number of carbonyl (C=O) groups is 2. The Morgan fingerprint density at radius 2 is 1.64 bits per heavy atom. The summed E-state index contributed by atoms with van der Waals surface area (Å²) in [6.07, 6.45) is -9.30. The van der Waals surface area contributed by atoms with Crippen LogP contribution >= 0.6 is 0 Å². The molecule has 6 N–H and O–H groups in total. The monoisotopic (exact) mass is 526 g/mol. The van der Waals surface area contributed by atoms with Crippen LogP contribution in [0.2, 0.25) is 0 Å². The van der Waals surface area contributed by atoms with E-state index in [1.807, 2.05) is 0 Å². The van der Waals surface area contributed by atoms with Gasteiger partial charge in [0.05, 0.1) is 12.1 Å². The smallest absolute Gasteiger partial charge is 0.380 e. The van der Waals surface area contributed by atoms with Gasteiger partial charge in [0.1, 0.15) is 18.4 Å². The van der Waals surface area contributed by atoms with Crippen molar-refractivity contribution < 1.29 is 36.6 Å². The minimum Gasteiger partial charge on any atom is -0.380 e. The van der Waals surface area contributed by atoms with Gasteiger partial charge in [-0.2, -0.15) is 13.2 Å². The molecule has 9 nitrogen and oxygen atoms in total. The molecule has 6 atom stereocenters. The molecule has 6 unspecified atom stereocenters. The molecular formula is C22H35F5N6O3. The van der Waals surface area contributed by atoms with E-state index in [0.717, 1.165) is 19.8 Å². The predicted octanol–water partition coefficient (Wildman–Crippen LogP) is 0.355. The van der Waals surface area contributed by atoms with Crippen LogP contribution < -0.4 is 26.8 Å². The Hall–Kier alpha value is -1.61. The van der Waals surface area contributed by atoms with E-state index in [9.17, 15) is 36.6 Å². The summed E-state index contributed by atoms with van der Waals surface area (Å²) in [5, 5.41) is 18.4. The Morgan fingerprint density at radius 3 is 2.22 bits per heavy atom. The number of nitrogens with one attached hydrogen (secondary N) is 5. The van der Waals surface area contributed by atoms with Gasteiger partial charge in [0.25, 0.3) is 0 Å². The number of carbonyl (C=O) groups excluding carboxylic acids is 2. The molecule has 2 aliphatic heterocycles. The minimum atomic E-state index is -4.76. The Bertz CT molecular complexity index is 783. The number of hydrogen-bond acceptors (Lipinski definition) is 7. The topological polar surface area (TPSA) is 118 Å². The molecule has 0 spiro atoms. The van der Waals surface area contributed by atoms with Gasteiger partial charge in [0, 0.05) is 38.3 Å². The van der Waals surface area contributed by atoms with E-state index in [1.165, 1.54) is 0 Å². The van der Waals surface area contributed by atoms with E-state index < -0.39 is 79.2 Å². The van der Waals surface area contributed by atoms with E-state index in [-0.39, 0.29) is 25.4 Å². The van der Waals surface area contributed by atoms with Crippen molar-refractivity contribution in [3.63, 3.8) is 0 Å². The van der Waals surface area contributed by atoms with Crippen molar-refractivity contribution in [2.45, 2.75) is 99.8 Å². The summed E-state index contributed by atoms with van der Waals surface area (Å²) in [6.45, 7) is 2.51. The molecule has 0 bridgehead atoms. The number of alkyl halides is 5. The van der Waals surface area contributed by atoms with Gasteiger partial charge in [0.2, 0.25) is 11.8 Å². The van der Waals surface area contributed by atoms with E-state index in [1.54, 1.807) is 0 Å². The average Bonchev–Trinajstić information content (AvgIpc) is 3.37. The second-order valence-electron chi connectivity index (χ2n) is 10.4. The molecule has 4 fully saturated rings. The second-order valence-corrected chi connectivity index (χ2v) is 10.4. The number of hydrazine groups is 1. The molecule has 4 rings (SSSR count). The molecule has 36 heavy (non-hydrogen) atoms. The van der Waals surface area contributed by atoms with Gasteiger partial charge in [-0.25, -0.2) is 19.6 Å². The lowest BCUT2D eigenvalue weighted by Gasteiger charge is -2.40. The highest BCUT2D eigenvalue weighted by Crippen LogP contribution is 2.41. The van der Waals surface area contributed by atoms with Gasteiger partial charge in [-0.15, -0.1) is 0 Å². The summed E-state index contributed by atoms with van der Waals surface area (Å²) < 4.78 is 67.5. The van der Waals surface area contributed by atoms with Crippen LogP contribution in [0.4, 0.5) is 22.0 Å². The van der Waals surface area contributed by atoms with Gasteiger partial charge in [-0.1, -0.05) is 0 Å². The largest absolute Gasteiger partial charge is 0.417 e. The maximum atomic E-state index is 14.2. The summed E-state index contributed by atoms with van der Waals surface area (Å²) in [5.41, 5.74) is 3.30. The van der Waals surface area contributed by atoms with Crippen molar-refractivity contribution in [3.05, 3.63) is 0 Å². The highest BCUT2D eigenvalue weighted by Gasteiger charge is 2.55. The number of aliphatic hydroxyl groups is 1. The first-order valence-corrected chi connectivity index (χ1v) is 12.6. The van der Waals surface area contributed by atoms with Crippen molar-refractivity contribution in [2.75, 3.05) is 19.8 Å². The first-order chi connectivity index (χ1) is 17.0. The normalized spacial score (nSPS) is 40.6. The zero-order valence-corrected chi connectivity index (χ0v) is 19.9. The van der Waals surface area contributed by atoms with E-state index in [2.05, 4.69) is 31.7 Å². The summed E-state index contributed by atoms with van der Waals surface area (Å²) in [6, 6.07) is -2.18. The van der Waals surface area contributed by atoms with Crippen molar-refractivity contribution in [1.82, 2.24) is 31.7 Å². The summed E-state index contributed by atoms with van der Waals surface area (Å²) in [4.78, 5) is 28.0. The van der Waals surface area contributed by atoms with Crippen LogP contribution in [-0.4, -0.2) is 90.0 Å². The third-order valence-corrected chi connectivity index (χ3v) is 7.99. The van der Waals surface area contributed by atoms with Gasteiger partial charge in [-0.3, -0.25) is 14.5 Å². The lowest BCUT2D eigenvalue weighted by atomic mass is 9.79. The molecule has 206 valence electrons. The maximum absolute atomic E-state index is 14.2. The highest BCUT2D eigenvalue weighted by atomic mass is 19.4. The Balaban J connectivity index is 1.31. The Kier molecular flexibility index (Phi) is 8.39. The Labute approximate surface area is 206 Å². The third kappa shape index (κ3) is 6.09. The van der Waals surface area contributed by atoms with Crippen LogP contribution in [-0.2, 0) is 9.59 Å². The molecular weight excluding hydrogens is 491 g/mol. The lowest BCUT2D eigenvalue weighted by molar-refractivity contribution is -0.270. The molecule has 0 radical (unpaired) electrons. The van der Waals surface area contributed by atoms with Crippen LogP contribution in [0.5, 0.6) is 0 Å². The fourth-order valence-electron chi connectivity index (χ4n) is 5.60. The fraction of sp³-hybridized carbons (Fsp3) is 0.909. The molecule has 0 aromatic rings. The molecule has 0 aromatic carbocycles. The quantitative estimate of drug-likeness (QED) is 0.287. The molecule has 0 aromatic heterocycles. The third-order valence-electron chi connectivity index (χ3n) is 7.99. The molecule has 4 aliphatic rings. The molecule has 2 aliphatic carbocycles. The zero-order chi connectivity index (χ0) is 26.1. The first-order valence-electron chi connectivity index (χ1n) is 12.6. The van der Waals surface area contributed by atoms with Crippen LogP contribution in [0.25, 0.3) is 0 Å². The van der Waals surface area contributed by atoms with Crippen molar-refractivity contribution in [2.24, 2.45) is 5.92 Å². The van der Waals surface area contributed by atoms with Gasteiger partial charge >= 0.3 is 6.18 Å². The molecule has 2 amide bonds. The minimum absolute atomic E-state index is 0.0604. The second kappa shape index (κ2) is 11.0. The average molecular weight is 527 g/mol. The standard InChI is InChI=1S/C22H35F5N6O3/c23-14-9-13(19(34)29-12-3-5-21(36,6-4-12)22(25,26)27)17(10-15(14)24)30-20(35)16-1-2-18(32-31-16)33-8-7-28-11-33/h12-18,28,31-32,36H,1-11H2,(H,29,34)(H,30,35). The fourth-order valence-corrected chi connectivity index (χ4v) is 5.60. The van der Waals surface area contributed by atoms with Crippen LogP contribution in [0.15, 0.2) is 0 Å². The predicted molar refractivity (Wildman–Crippen MR) is 119 cm³/mol. The maximum Gasteiger partial charge on any atom is 0.417 e. The summed E-state index contributed by atoms with van der Waals surface area (Å²) in [7, 11) is 0. The summed E-state index contributed by atoms with van der Waals surface area (Å²) >= 11 is 0. The van der Waals surface area contributed by atoms with E-state index in [0.29, 0.717) is 12.8 Å². The molecule has 2 saturated carbocycles. The number of amides is 2. The van der Waals surface area contributed by atoms with E-state index in [4.69, 9.17) is 0 Å². The first kappa shape index (κ1) is 27.4. The lowest BCUT2D eigenvalue weighted by Crippen LogP contribution is -2.63. The molecule has 2 saturated heterocycles. The number of nitrogens with zero attached hydrogens (tertiary/aromatic N) is 1. The van der Waals surface area contributed by atoms with Crippen LogP contribution in [0.3, 0.4) is 0 Å². The van der Waals surface area contributed by atoms with Crippen molar-refractivity contribution in [3.8, 4) is 0 Å². The van der Waals surface area contributed by atoms with E-state index >= 15 is 0 Å². The van der Waals surface area contributed by atoms with Crippen LogP contribution in [0, 0.1) is 5.92 Å². The summed E-state index contributed by atoms with van der Waals surface area (Å²) in [5.74, 6) is -2.12. The number of halogens is 5. The molecule has 2 heterocycles. The number of rotatable bonds is 5. The van der Waals surface area contributed by atoms with Gasteiger partial charge in [-0.05, 0) is 44.9 Å². The SMILES string of the molecule is O=C(NC1CC(F)C(F)CC1C(=O)NC1CCC(O)(C(F)(F)F)CC1)C1CCC(N2CCNC2)NN1. The van der Waals surface area contributed by atoms with Crippen molar-refractivity contribution in [1.29, 1.82) is 0 Å². The van der Waals surface area contributed by atoms with Gasteiger partial charge in [0.15, 0.2) is 5.60 Å².